The molecule has 3 N–H and O–H groups in total. The zero-order chi connectivity index (χ0) is 23.8. The van der Waals surface area contributed by atoms with E-state index in [2.05, 4.69) is 15.1 Å². The number of rotatable bonds is 5. The Bertz CT molecular complexity index is 1530. The summed E-state index contributed by atoms with van der Waals surface area (Å²) in [6, 6.07) is 19.9. The molecule has 3 aromatic heterocycles. The standard InChI is InChI=1S/C26H23FN6O/c1-16-14-20(15-17(2)29-16)22-23(19-8-10-21(27)11-9-19)30-25(28)33-24(22)31-32(26(33)34)13-12-18-6-4-3-5-7-18/h3-11,14-15H,12-13H2,1-2H3,(H2,28,29,30,31)/p+1. The fourth-order valence-corrected chi connectivity index (χ4v) is 4.26. The Morgan fingerprint density at radius 3 is 2.32 bits per heavy atom. The van der Waals surface area contributed by atoms with E-state index >= 15 is 0 Å². The van der Waals surface area contributed by atoms with E-state index in [0.717, 1.165) is 22.5 Å². The van der Waals surface area contributed by atoms with Gasteiger partial charge in [-0.2, -0.15) is 4.68 Å². The van der Waals surface area contributed by atoms with Gasteiger partial charge in [0.15, 0.2) is 0 Å². The predicted molar refractivity (Wildman–Crippen MR) is 129 cm³/mol. The number of hydrogen-bond donors (Lipinski definition) is 2. The fraction of sp³-hybridized carbons (Fsp3) is 0.154. The molecule has 0 saturated heterocycles. The molecule has 0 unspecified atom stereocenters. The van der Waals surface area contributed by atoms with Crippen molar-refractivity contribution in [1.29, 1.82) is 0 Å². The molecule has 0 fully saturated rings. The summed E-state index contributed by atoms with van der Waals surface area (Å²) in [6.07, 6.45) is 0.676. The smallest absolute Gasteiger partial charge is 0.319 e. The van der Waals surface area contributed by atoms with Crippen molar-refractivity contribution in [2.75, 3.05) is 5.73 Å². The van der Waals surface area contributed by atoms with Gasteiger partial charge < -0.3 is 5.73 Å². The lowest BCUT2D eigenvalue weighted by molar-refractivity contribution is -0.516. The highest BCUT2D eigenvalue weighted by molar-refractivity contribution is 5.88. The van der Waals surface area contributed by atoms with Crippen molar-refractivity contribution in [3.05, 3.63) is 100.0 Å². The molecule has 3 heterocycles. The summed E-state index contributed by atoms with van der Waals surface area (Å²) < 4.78 is 16.6. The number of aryl methyl sites for hydroxylation is 4. The number of H-pyrrole nitrogens is 1. The second-order valence-electron chi connectivity index (χ2n) is 8.30. The lowest BCUT2D eigenvalue weighted by atomic mass is 9.99. The number of nitrogens with one attached hydrogen (secondary N) is 1. The van der Waals surface area contributed by atoms with Gasteiger partial charge in [-0.25, -0.2) is 14.3 Å². The van der Waals surface area contributed by atoms with Crippen molar-refractivity contribution < 1.29 is 8.79 Å². The number of aromatic amines is 1. The minimum Gasteiger partial charge on any atom is -0.319 e. The Morgan fingerprint density at radius 1 is 0.971 bits per heavy atom. The molecule has 0 atom stereocenters. The van der Waals surface area contributed by atoms with E-state index in [4.69, 9.17) is 5.73 Å². The average Bonchev–Trinajstić information content (AvgIpc) is 3.14. The molecule has 0 amide bonds. The second kappa shape index (κ2) is 8.55. The maximum Gasteiger partial charge on any atom is 0.428 e. The Balaban J connectivity index is 1.75. The molecule has 0 aliphatic rings. The van der Waals surface area contributed by atoms with Gasteiger partial charge in [0.05, 0.1) is 12.1 Å². The summed E-state index contributed by atoms with van der Waals surface area (Å²) in [7, 11) is 0. The van der Waals surface area contributed by atoms with Crippen molar-refractivity contribution in [2.24, 2.45) is 0 Å². The number of nitrogen functional groups attached to an aromatic ring is 1. The zero-order valence-electron chi connectivity index (χ0n) is 18.9. The van der Waals surface area contributed by atoms with E-state index in [1.165, 1.54) is 16.5 Å². The van der Waals surface area contributed by atoms with Crippen LogP contribution in [0, 0.1) is 19.7 Å². The van der Waals surface area contributed by atoms with Crippen LogP contribution in [-0.2, 0) is 13.0 Å². The minimum atomic E-state index is -0.343. The number of aromatic nitrogens is 5. The molecule has 2 aromatic carbocycles. The molecule has 0 bridgehead atoms. The molecule has 0 aliphatic carbocycles. The van der Waals surface area contributed by atoms with Crippen LogP contribution in [0.4, 0.5) is 10.3 Å². The summed E-state index contributed by atoms with van der Waals surface area (Å²) >= 11 is 0. The van der Waals surface area contributed by atoms with Crippen LogP contribution in [-0.4, -0.2) is 19.7 Å². The first-order valence-corrected chi connectivity index (χ1v) is 11.0. The summed E-state index contributed by atoms with van der Waals surface area (Å²) in [5.74, 6) is -0.287. The van der Waals surface area contributed by atoms with Crippen LogP contribution in [0.3, 0.4) is 0 Å². The van der Waals surface area contributed by atoms with Gasteiger partial charge in [-0.05, 0) is 61.4 Å². The molecule has 0 spiro atoms. The van der Waals surface area contributed by atoms with Gasteiger partial charge in [-0.15, -0.1) is 9.38 Å². The molecular weight excluding hydrogens is 431 g/mol. The predicted octanol–water partition coefficient (Wildman–Crippen LogP) is 3.62. The molecule has 0 radical (unpaired) electrons. The molecule has 8 heteroatoms. The second-order valence-corrected chi connectivity index (χ2v) is 8.30. The van der Waals surface area contributed by atoms with Crippen molar-refractivity contribution in [3.8, 4) is 22.4 Å². The van der Waals surface area contributed by atoms with Crippen LogP contribution in [0.2, 0.25) is 0 Å². The summed E-state index contributed by atoms with van der Waals surface area (Å²) in [4.78, 5) is 22.4. The monoisotopic (exact) mass is 455 g/mol. The van der Waals surface area contributed by atoms with Crippen LogP contribution >= 0.6 is 0 Å². The number of halogens is 1. The lowest BCUT2D eigenvalue weighted by Crippen LogP contribution is -2.44. The van der Waals surface area contributed by atoms with Gasteiger partial charge in [0.1, 0.15) is 11.5 Å². The SMILES string of the molecule is Cc1cc(-c2c(-c3ccc(F)cc3)nc(N)[n+]3c(=O)n(CCc4ccccc4)[nH]c23)cc(C)n1. The number of benzene rings is 2. The van der Waals surface area contributed by atoms with E-state index in [9.17, 15) is 9.18 Å². The lowest BCUT2D eigenvalue weighted by Gasteiger charge is -2.10. The van der Waals surface area contributed by atoms with E-state index in [1.54, 1.807) is 16.8 Å². The van der Waals surface area contributed by atoms with Gasteiger partial charge in [-0.3, -0.25) is 4.98 Å². The highest BCUT2D eigenvalue weighted by Gasteiger charge is 2.26. The molecule has 0 aliphatic heterocycles. The van der Waals surface area contributed by atoms with E-state index < -0.39 is 0 Å². The topological polar surface area (TPSA) is 93.7 Å². The van der Waals surface area contributed by atoms with E-state index in [1.807, 2.05) is 56.3 Å². The van der Waals surface area contributed by atoms with Crippen molar-refractivity contribution >= 4 is 11.6 Å². The first kappa shape index (κ1) is 21.5. The van der Waals surface area contributed by atoms with Crippen molar-refractivity contribution in [1.82, 2.24) is 19.7 Å². The summed E-state index contributed by atoms with van der Waals surface area (Å²) in [5, 5.41) is 3.26. The normalized spacial score (nSPS) is 11.3. The van der Waals surface area contributed by atoms with Crippen molar-refractivity contribution in [3.63, 3.8) is 0 Å². The quantitative estimate of drug-likeness (QED) is 0.396. The van der Waals surface area contributed by atoms with Crippen LogP contribution < -0.4 is 15.8 Å². The van der Waals surface area contributed by atoms with Crippen molar-refractivity contribution in [2.45, 2.75) is 26.8 Å². The van der Waals surface area contributed by atoms with Crippen LogP contribution in [0.25, 0.3) is 28.0 Å². The Kier molecular flexibility index (Phi) is 5.41. The molecule has 34 heavy (non-hydrogen) atoms. The third-order valence-corrected chi connectivity index (χ3v) is 5.77. The average molecular weight is 456 g/mol. The molecule has 5 aromatic rings. The first-order chi connectivity index (χ1) is 16.4. The Hall–Kier alpha value is -4.33. The van der Waals surface area contributed by atoms with Crippen LogP contribution in [0.15, 0.2) is 71.5 Å². The van der Waals surface area contributed by atoms with Gasteiger partial charge in [0.2, 0.25) is 5.65 Å². The third-order valence-electron chi connectivity index (χ3n) is 5.77. The largest absolute Gasteiger partial charge is 0.428 e. The number of anilines is 1. The van der Waals surface area contributed by atoms with Gasteiger partial charge >= 0.3 is 11.6 Å². The van der Waals surface area contributed by atoms with E-state index in [0.29, 0.717) is 35.4 Å². The molecule has 7 nitrogen and oxygen atoms in total. The number of fused-ring (bicyclic) bond motifs is 1. The maximum absolute atomic E-state index is 13.6. The molecule has 0 saturated carbocycles. The Morgan fingerprint density at radius 2 is 1.65 bits per heavy atom. The summed E-state index contributed by atoms with van der Waals surface area (Å²) in [6.45, 7) is 4.28. The molecule has 5 rings (SSSR count). The van der Waals surface area contributed by atoms with Gasteiger partial charge in [0.25, 0.3) is 0 Å². The number of nitrogens with two attached hydrogens (primary N) is 1. The third kappa shape index (κ3) is 3.94. The summed E-state index contributed by atoms with van der Waals surface area (Å²) in [5.41, 5.74) is 12.1. The first-order valence-electron chi connectivity index (χ1n) is 11.0. The fourth-order valence-electron chi connectivity index (χ4n) is 4.26. The maximum atomic E-state index is 13.6. The van der Waals surface area contributed by atoms with E-state index in [-0.39, 0.29) is 17.5 Å². The van der Waals surface area contributed by atoms with Gasteiger partial charge in [-0.1, -0.05) is 30.3 Å². The van der Waals surface area contributed by atoms with Crippen LogP contribution in [0.5, 0.6) is 0 Å². The Labute approximate surface area is 195 Å². The van der Waals surface area contributed by atoms with Crippen LogP contribution in [0.1, 0.15) is 17.0 Å². The molecule has 170 valence electrons. The molecular formula is C26H24FN6O+. The number of nitrogens with zero attached hydrogens (tertiary/aromatic N) is 4. The van der Waals surface area contributed by atoms with Gasteiger partial charge in [0, 0.05) is 23.4 Å². The highest BCUT2D eigenvalue weighted by Crippen LogP contribution is 2.33. The number of hydrogen-bond acceptors (Lipinski definition) is 4. The minimum absolute atomic E-state index is 0.0558. The number of pyridine rings is 1. The highest BCUT2D eigenvalue weighted by atomic mass is 19.1. The zero-order valence-corrected chi connectivity index (χ0v) is 18.9.